The molecule has 5 heteroatoms. The zero-order valence-corrected chi connectivity index (χ0v) is 14.5. The van der Waals surface area contributed by atoms with E-state index in [9.17, 15) is 4.79 Å². The molecule has 0 radical (unpaired) electrons. The van der Waals surface area contributed by atoms with Gasteiger partial charge in [-0.15, -0.1) is 0 Å². The van der Waals surface area contributed by atoms with Crippen molar-refractivity contribution in [3.05, 3.63) is 48.0 Å². The number of hydrogen-bond acceptors (Lipinski definition) is 4. The van der Waals surface area contributed by atoms with E-state index in [0.29, 0.717) is 28.8 Å². The van der Waals surface area contributed by atoms with Gasteiger partial charge in [-0.1, -0.05) is 26.0 Å². The Morgan fingerprint density at radius 2 is 1.88 bits per heavy atom. The molecule has 24 heavy (non-hydrogen) atoms. The molecule has 1 unspecified atom stereocenters. The van der Waals surface area contributed by atoms with Crippen LogP contribution in [0.15, 0.2) is 42.5 Å². The molecular weight excluding hydrogens is 304 g/mol. The number of ether oxygens (including phenoxy) is 2. The van der Waals surface area contributed by atoms with Crippen molar-refractivity contribution in [3.63, 3.8) is 0 Å². The van der Waals surface area contributed by atoms with Crippen LogP contribution in [0.4, 0.5) is 11.4 Å². The summed E-state index contributed by atoms with van der Waals surface area (Å²) in [7, 11) is 1.55. The van der Waals surface area contributed by atoms with Crippen LogP contribution in [0.3, 0.4) is 0 Å². The molecule has 0 saturated heterocycles. The zero-order chi connectivity index (χ0) is 17.7. The fourth-order valence-corrected chi connectivity index (χ4v) is 2.26. The van der Waals surface area contributed by atoms with Gasteiger partial charge in [0, 0.05) is 5.69 Å². The Bertz CT molecular complexity index is 714. The summed E-state index contributed by atoms with van der Waals surface area (Å²) in [6, 6.07) is 12.9. The van der Waals surface area contributed by atoms with Gasteiger partial charge >= 0.3 is 0 Å². The third-order valence-corrected chi connectivity index (χ3v) is 3.70. The summed E-state index contributed by atoms with van der Waals surface area (Å²) in [6.07, 6.45) is -0.629. The van der Waals surface area contributed by atoms with E-state index in [4.69, 9.17) is 15.2 Å². The van der Waals surface area contributed by atoms with Crippen LogP contribution in [0.2, 0.25) is 0 Å². The Labute approximate surface area is 142 Å². The summed E-state index contributed by atoms with van der Waals surface area (Å²) in [4.78, 5) is 12.3. The Morgan fingerprint density at radius 3 is 2.50 bits per heavy atom. The van der Waals surface area contributed by atoms with Gasteiger partial charge in [0.15, 0.2) is 6.10 Å². The molecule has 128 valence electrons. The first-order chi connectivity index (χ1) is 11.4. The lowest BCUT2D eigenvalue weighted by molar-refractivity contribution is -0.122. The average Bonchev–Trinajstić information content (AvgIpc) is 2.55. The summed E-state index contributed by atoms with van der Waals surface area (Å²) in [5.74, 6) is 1.41. The number of rotatable bonds is 6. The van der Waals surface area contributed by atoms with E-state index in [1.54, 1.807) is 32.2 Å². The third-order valence-electron chi connectivity index (χ3n) is 3.70. The van der Waals surface area contributed by atoms with Crippen molar-refractivity contribution in [2.45, 2.75) is 32.8 Å². The van der Waals surface area contributed by atoms with E-state index in [0.717, 1.165) is 0 Å². The maximum absolute atomic E-state index is 12.3. The lowest BCUT2D eigenvalue weighted by Crippen LogP contribution is -2.30. The fourth-order valence-electron chi connectivity index (χ4n) is 2.26. The summed E-state index contributed by atoms with van der Waals surface area (Å²) in [5, 5.41) is 2.79. The van der Waals surface area contributed by atoms with Crippen LogP contribution < -0.4 is 20.5 Å². The quantitative estimate of drug-likeness (QED) is 0.791. The minimum atomic E-state index is -0.629. The van der Waals surface area contributed by atoms with Crippen molar-refractivity contribution in [1.29, 1.82) is 0 Å². The maximum Gasteiger partial charge on any atom is 0.265 e. The average molecular weight is 328 g/mol. The third kappa shape index (κ3) is 4.41. The van der Waals surface area contributed by atoms with Gasteiger partial charge in [0.25, 0.3) is 5.91 Å². The molecule has 1 amide bonds. The van der Waals surface area contributed by atoms with Gasteiger partial charge in [0.05, 0.1) is 12.8 Å². The molecule has 0 aromatic heterocycles. The highest BCUT2D eigenvalue weighted by Gasteiger charge is 2.16. The predicted molar refractivity (Wildman–Crippen MR) is 96.7 cm³/mol. The van der Waals surface area contributed by atoms with Crippen molar-refractivity contribution in [1.82, 2.24) is 0 Å². The van der Waals surface area contributed by atoms with Crippen LogP contribution in [0.25, 0.3) is 0 Å². The normalized spacial score (nSPS) is 11.9. The number of hydrogen-bond donors (Lipinski definition) is 2. The first-order valence-corrected chi connectivity index (χ1v) is 7.91. The number of amides is 1. The largest absolute Gasteiger partial charge is 0.495 e. The number of carbonyl (C=O) groups excluding carboxylic acids is 1. The summed E-state index contributed by atoms with van der Waals surface area (Å²) >= 11 is 0. The highest BCUT2D eigenvalue weighted by molar-refractivity contribution is 5.94. The number of nitrogens with two attached hydrogens (primary N) is 1. The first kappa shape index (κ1) is 17.7. The Morgan fingerprint density at radius 1 is 1.12 bits per heavy atom. The number of nitrogen functional groups attached to an aromatic ring is 1. The lowest BCUT2D eigenvalue weighted by Gasteiger charge is -2.16. The van der Waals surface area contributed by atoms with Gasteiger partial charge in [-0.25, -0.2) is 0 Å². The topological polar surface area (TPSA) is 73.6 Å². The van der Waals surface area contributed by atoms with Gasteiger partial charge < -0.3 is 20.5 Å². The van der Waals surface area contributed by atoms with E-state index in [1.165, 1.54) is 5.56 Å². The van der Waals surface area contributed by atoms with Crippen LogP contribution in [0.1, 0.15) is 32.3 Å². The molecule has 0 bridgehead atoms. The molecular formula is C19H24N2O3. The molecule has 0 spiro atoms. The highest BCUT2D eigenvalue weighted by Crippen LogP contribution is 2.25. The molecule has 0 aliphatic heterocycles. The minimum Gasteiger partial charge on any atom is -0.495 e. The van der Waals surface area contributed by atoms with E-state index in [1.807, 2.05) is 24.3 Å². The van der Waals surface area contributed by atoms with Crippen molar-refractivity contribution in [2.24, 2.45) is 0 Å². The summed E-state index contributed by atoms with van der Waals surface area (Å²) < 4.78 is 10.8. The first-order valence-electron chi connectivity index (χ1n) is 7.91. The second-order valence-electron chi connectivity index (χ2n) is 5.93. The molecule has 2 rings (SSSR count). The Kier molecular flexibility index (Phi) is 5.68. The molecule has 2 aromatic rings. The zero-order valence-electron chi connectivity index (χ0n) is 14.5. The molecule has 0 fully saturated rings. The second-order valence-corrected chi connectivity index (χ2v) is 5.93. The molecule has 2 aromatic carbocycles. The van der Waals surface area contributed by atoms with Gasteiger partial charge in [-0.3, -0.25) is 4.79 Å². The minimum absolute atomic E-state index is 0.241. The molecule has 3 N–H and O–H groups in total. The molecule has 0 aliphatic carbocycles. The molecule has 0 aliphatic rings. The van der Waals surface area contributed by atoms with Crippen LogP contribution in [0, 0.1) is 0 Å². The van der Waals surface area contributed by atoms with Gasteiger partial charge in [0.1, 0.15) is 11.5 Å². The number of anilines is 2. The smallest absolute Gasteiger partial charge is 0.265 e. The molecule has 0 saturated carbocycles. The number of benzene rings is 2. The van der Waals surface area contributed by atoms with Crippen LogP contribution in [0.5, 0.6) is 11.5 Å². The summed E-state index contributed by atoms with van der Waals surface area (Å²) in [6.45, 7) is 5.94. The standard InChI is InChI=1S/C19H24N2O3/c1-12(2)14-6-5-7-16(10-14)24-13(3)19(22)21-15-8-9-18(23-4)17(20)11-15/h5-13H,20H2,1-4H3,(H,21,22). The fraction of sp³-hybridized carbons (Fsp3) is 0.316. The van der Waals surface area contributed by atoms with Gasteiger partial charge in [-0.2, -0.15) is 0 Å². The number of carbonyl (C=O) groups is 1. The summed E-state index contributed by atoms with van der Waals surface area (Å²) in [5.41, 5.74) is 8.08. The van der Waals surface area contributed by atoms with E-state index < -0.39 is 6.10 Å². The van der Waals surface area contributed by atoms with Crippen molar-refractivity contribution >= 4 is 17.3 Å². The number of nitrogens with one attached hydrogen (secondary N) is 1. The van der Waals surface area contributed by atoms with E-state index >= 15 is 0 Å². The predicted octanol–water partition coefficient (Wildman–Crippen LogP) is 3.81. The highest BCUT2D eigenvalue weighted by atomic mass is 16.5. The van der Waals surface area contributed by atoms with Crippen molar-refractivity contribution in [2.75, 3.05) is 18.2 Å². The van der Waals surface area contributed by atoms with Crippen molar-refractivity contribution < 1.29 is 14.3 Å². The van der Waals surface area contributed by atoms with Crippen LogP contribution in [-0.4, -0.2) is 19.1 Å². The maximum atomic E-state index is 12.3. The van der Waals surface area contributed by atoms with Crippen LogP contribution in [-0.2, 0) is 4.79 Å². The number of methoxy groups -OCH3 is 1. The monoisotopic (exact) mass is 328 g/mol. The SMILES string of the molecule is COc1ccc(NC(=O)C(C)Oc2cccc(C(C)C)c2)cc1N. The van der Waals surface area contributed by atoms with Gasteiger partial charge in [0.2, 0.25) is 0 Å². The molecule has 1 atom stereocenters. The van der Waals surface area contributed by atoms with Crippen LogP contribution >= 0.6 is 0 Å². The molecule has 5 nitrogen and oxygen atoms in total. The Balaban J connectivity index is 2.02. The second kappa shape index (κ2) is 7.73. The van der Waals surface area contributed by atoms with E-state index in [2.05, 4.69) is 19.2 Å². The molecule has 0 heterocycles. The van der Waals surface area contributed by atoms with E-state index in [-0.39, 0.29) is 5.91 Å². The van der Waals surface area contributed by atoms with Crippen molar-refractivity contribution in [3.8, 4) is 11.5 Å². The Hall–Kier alpha value is -2.69. The lowest BCUT2D eigenvalue weighted by atomic mass is 10.0. The van der Waals surface area contributed by atoms with Gasteiger partial charge in [-0.05, 0) is 48.7 Å².